The summed E-state index contributed by atoms with van der Waals surface area (Å²) in [5.41, 5.74) is 1.78. The van der Waals surface area contributed by atoms with E-state index in [0.717, 1.165) is 5.56 Å². The van der Waals surface area contributed by atoms with Crippen LogP contribution in [0.3, 0.4) is 0 Å². The minimum absolute atomic E-state index is 0.143. The minimum Gasteiger partial charge on any atom is -0.461 e. The Hall–Kier alpha value is -2.10. The fourth-order valence-electron chi connectivity index (χ4n) is 1.52. The molecule has 0 radical (unpaired) electrons. The Balaban J connectivity index is 3.12. The van der Waals surface area contributed by atoms with Crippen molar-refractivity contribution >= 4 is 11.7 Å². The van der Waals surface area contributed by atoms with Crippen LogP contribution in [0.15, 0.2) is 42.0 Å². The molecule has 0 aliphatic rings. The summed E-state index contributed by atoms with van der Waals surface area (Å²) in [5.74, 6) is 4.75. The smallest absolute Gasteiger partial charge is 0.359 e. The largest absolute Gasteiger partial charge is 0.461 e. The van der Waals surface area contributed by atoms with Crippen molar-refractivity contribution in [2.75, 3.05) is 6.61 Å². The Morgan fingerprint density at radius 1 is 1.53 bits per heavy atom. The lowest BCUT2D eigenvalue weighted by Gasteiger charge is -2.09. The van der Waals surface area contributed by atoms with E-state index in [1.807, 2.05) is 18.2 Å². The van der Waals surface area contributed by atoms with Crippen molar-refractivity contribution in [2.45, 2.75) is 13.3 Å². The molecular formula is C13H16N2O2. The quantitative estimate of drug-likeness (QED) is 0.276. The average molecular weight is 232 g/mol. The van der Waals surface area contributed by atoms with Gasteiger partial charge in [0.2, 0.25) is 0 Å². The number of benzene rings is 1. The van der Waals surface area contributed by atoms with E-state index < -0.39 is 5.97 Å². The fraction of sp³-hybridized carbons (Fsp3) is 0.231. The average Bonchev–Trinajstić information content (AvgIpc) is 2.33. The van der Waals surface area contributed by atoms with Gasteiger partial charge < -0.3 is 10.6 Å². The maximum absolute atomic E-state index is 11.7. The van der Waals surface area contributed by atoms with Gasteiger partial charge in [-0.3, -0.25) is 0 Å². The third-order valence-electron chi connectivity index (χ3n) is 2.23. The summed E-state index contributed by atoms with van der Waals surface area (Å²) in [5, 5.41) is 3.53. The maximum Gasteiger partial charge on any atom is 0.359 e. The summed E-state index contributed by atoms with van der Waals surface area (Å²) >= 11 is 0. The number of hydrogen-bond donors (Lipinski definition) is 1. The van der Waals surface area contributed by atoms with Crippen LogP contribution in [0.2, 0.25) is 0 Å². The van der Waals surface area contributed by atoms with E-state index in [0.29, 0.717) is 18.6 Å². The third kappa shape index (κ3) is 3.17. The molecule has 4 heteroatoms. The highest BCUT2D eigenvalue weighted by molar-refractivity contribution is 6.43. The molecule has 17 heavy (non-hydrogen) atoms. The summed E-state index contributed by atoms with van der Waals surface area (Å²) in [4.78, 5) is 11.7. The number of rotatable bonds is 5. The van der Waals surface area contributed by atoms with Crippen molar-refractivity contribution in [3.8, 4) is 0 Å². The summed E-state index contributed by atoms with van der Waals surface area (Å²) in [7, 11) is 0. The molecule has 1 rings (SSSR count). The van der Waals surface area contributed by atoms with Gasteiger partial charge in [0.1, 0.15) is 0 Å². The van der Waals surface area contributed by atoms with Gasteiger partial charge in [-0.1, -0.05) is 30.3 Å². The SMILES string of the molecule is C=CCc1ccccc1/C(=N/N)C(=O)OCC. The van der Waals surface area contributed by atoms with E-state index in [1.165, 1.54) is 0 Å². The van der Waals surface area contributed by atoms with Crippen molar-refractivity contribution < 1.29 is 9.53 Å². The third-order valence-corrected chi connectivity index (χ3v) is 2.23. The molecule has 0 unspecified atom stereocenters. The number of carbonyl (C=O) groups is 1. The summed E-state index contributed by atoms with van der Waals surface area (Å²) < 4.78 is 4.91. The number of ether oxygens (including phenoxy) is 1. The molecule has 4 nitrogen and oxygen atoms in total. The molecule has 0 bridgehead atoms. The molecule has 0 saturated heterocycles. The first-order valence-corrected chi connectivity index (χ1v) is 5.38. The standard InChI is InChI=1S/C13H16N2O2/c1-3-7-10-8-5-6-9-11(10)12(15-14)13(16)17-4-2/h3,5-6,8-9H,1,4,7,14H2,2H3/b15-12-. The van der Waals surface area contributed by atoms with Crippen LogP contribution in [-0.4, -0.2) is 18.3 Å². The fourth-order valence-corrected chi connectivity index (χ4v) is 1.52. The van der Waals surface area contributed by atoms with Gasteiger partial charge in [-0.05, 0) is 18.9 Å². The van der Waals surface area contributed by atoms with Gasteiger partial charge in [0.05, 0.1) is 6.61 Å². The van der Waals surface area contributed by atoms with E-state index in [-0.39, 0.29) is 5.71 Å². The van der Waals surface area contributed by atoms with Crippen molar-refractivity contribution in [1.82, 2.24) is 0 Å². The normalized spacial score (nSPS) is 11.0. The first kappa shape index (κ1) is 13.0. The first-order chi connectivity index (χ1) is 8.24. The number of nitrogens with two attached hydrogens (primary N) is 1. The number of esters is 1. The van der Waals surface area contributed by atoms with Crippen molar-refractivity contribution in [2.24, 2.45) is 10.9 Å². The van der Waals surface area contributed by atoms with Gasteiger partial charge in [-0.25, -0.2) is 4.79 Å². The molecule has 0 aliphatic heterocycles. The highest BCUT2D eigenvalue weighted by atomic mass is 16.5. The lowest BCUT2D eigenvalue weighted by molar-refractivity contribution is -0.134. The topological polar surface area (TPSA) is 64.7 Å². The second-order valence-electron chi connectivity index (χ2n) is 3.35. The summed E-state index contributed by atoms with van der Waals surface area (Å²) in [6.07, 6.45) is 2.41. The highest BCUT2D eigenvalue weighted by Gasteiger charge is 2.17. The van der Waals surface area contributed by atoms with Gasteiger partial charge in [0, 0.05) is 5.56 Å². The number of carbonyl (C=O) groups excluding carboxylic acids is 1. The molecule has 0 aliphatic carbocycles. The summed E-state index contributed by atoms with van der Waals surface area (Å²) in [6.45, 7) is 5.71. The maximum atomic E-state index is 11.7. The van der Waals surface area contributed by atoms with Crippen molar-refractivity contribution in [1.29, 1.82) is 0 Å². The van der Waals surface area contributed by atoms with Crippen LogP contribution in [0.5, 0.6) is 0 Å². The van der Waals surface area contributed by atoms with Crippen LogP contribution in [0, 0.1) is 0 Å². The van der Waals surface area contributed by atoms with Crippen molar-refractivity contribution in [3.63, 3.8) is 0 Å². The Morgan fingerprint density at radius 2 is 2.24 bits per heavy atom. The highest BCUT2D eigenvalue weighted by Crippen LogP contribution is 2.12. The molecule has 0 fully saturated rings. The molecule has 2 N–H and O–H groups in total. The second-order valence-corrected chi connectivity index (χ2v) is 3.35. The first-order valence-electron chi connectivity index (χ1n) is 5.38. The minimum atomic E-state index is -0.508. The monoisotopic (exact) mass is 232 g/mol. The van der Waals surface area contributed by atoms with Gasteiger partial charge in [-0.2, -0.15) is 5.10 Å². The predicted octanol–water partition coefficient (Wildman–Crippen LogP) is 1.64. The Kier molecular flexibility index (Phi) is 4.94. The van der Waals surface area contributed by atoms with Crippen LogP contribution < -0.4 is 5.84 Å². The number of hydrazone groups is 1. The Bertz CT molecular complexity index is 439. The Labute approximate surface area is 101 Å². The molecule has 90 valence electrons. The van der Waals surface area contributed by atoms with Gasteiger partial charge >= 0.3 is 5.97 Å². The molecular weight excluding hydrogens is 216 g/mol. The second kappa shape index (κ2) is 6.48. The molecule has 1 aromatic carbocycles. The van der Waals surface area contributed by atoms with Crippen molar-refractivity contribution in [3.05, 3.63) is 48.0 Å². The number of nitrogens with zero attached hydrogens (tertiary/aromatic N) is 1. The lowest BCUT2D eigenvalue weighted by Crippen LogP contribution is -2.21. The van der Waals surface area contributed by atoms with Crippen LogP contribution in [-0.2, 0) is 16.0 Å². The Morgan fingerprint density at radius 3 is 2.82 bits per heavy atom. The van der Waals surface area contributed by atoms with Gasteiger partial charge in [-0.15, -0.1) is 6.58 Å². The molecule has 0 spiro atoms. The molecule has 0 saturated carbocycles. The molecule has 0 amide bonds. The van der Waals surface area contributed by atoms with Crippen LogP contribution in [0.1, 0.15) is 18.1 Å². The van der Waals surface area contributed by atoms with E-state index in [1.54, 1.807) is 19.1 Å². The van der Waals surface area contributed by atoms with Crippen LogP contribution in [0.25, 0.3) is 0 Å². The summed E-state index contributed by atoms with van der Waals surface area (Å²) in [6, 6.07) is 7.41. The predicted molar refractivity (Wildman–Crippen MR) is 67.7 cm³/mol. The zero-order chi connectivity index (χ0) is 12.7. The van der Waals surface area contributed by atoms with Crippen LogP contribution >= 0.6 is 0 Å². The molecule has 0 aromatic heterocycles. The van der Waals surface area contributed by atoms with E-state index >= 15 is 0 Å². The lowest BCUT2D eigenvalue weighted by atomic mass is 10.0. The van der Waals surface area contributed by atoms with Crippen LogP contribution in [0.4, 0.5) is 0 Å². The van der Waals surface area contributed by atoms with Gasteiger partial charge in [0.15, 0.2) is 5.71 Å². The van der Waals surface area contributed by atoms with E-state index in [9.17, 15) is 4.79 Å². The number of hydrogen-bond acceptors (Lipinski definition) is 4. The van der Waals surface area contributed by atoms with Gasteiger partial charge in [0.25, 0.3) is 0 Å². The number of allylic oxidation sites excluding steroid dienone is 1. The zero-order valence-corrected chi connectivity index (χ0v) is 9.85. The molecule has 0 heterocycles. The molecule has 1 aromatic rings. The van der Waals surface area contributed by atoms with E-state index in [2.05, 4.69) is 11.7 Å². The molecule has 0 atom stereocenters. The van der Waals surface area contributed by atoms with E-state index in [4.69, 9.17) is 10.6 Å². The zero-order valence-electron chi connectivity index (χ0n) is 9.85.